The van der Waals surface area contributed by atoms with Crippen LogP contribution in [0, 0.1) is 0 Å². The maximum atomic E-state index is 6.54. The van der Waals surface area contributed by atoms with Crippen LogP contribution in [0.1, 0.15) is 41.0 Å². The standard InChI is InChI=1S/C43H30N2O/c1-3-11-28(12-4-1)30-21-23-36(29-13-5-2-6-14-29)44-42-34-22-24-40-41(33-16-8-10-18-39(33)46-40)43(34)45-37-17-9-7-15-31(37)32-20-19-27(25-35(30)42)26-38(32)45/h1-20,22-24,26,32,38H,21,25H2. The van der Waals surface area contributed by atoms with Gasteiger partial charge in [0.1, 0.15) is 11.2 Å². The molecule has 2 atom stereocenters. The first-order valence-corrected chi connectivity index (χ1v) is 16.2. The van der Waals surface area contributed by atoms with Gasteiger partial charge in [-0.05, 0) is 70.5 Å². The molecule has 0 saturated heterocycles. The second-order valence-corrected chi connectivity index (χ2v) is 12.6. The Morgan fingerprint density at radius 1 is 0.696 bits per heavy atom. The molecule has 2 bridgehead atoms. The fourth-order valence-corrected chi connectivity index (χ4v) is 8.06. The summed E-state index contributed by atoms with van der Waals surface area (Å²) in [4.78, 5) is 8.25. The van der Waals surface area contributed by atoms with Crippen LogP contribution in [0.15, 0.2) is 166 Å². The molecule has 0 fully saturated rings. The number of fused-ring (bicyclic) bond motifs is 11. The molecule has 3 aliphatic heterocycles. The van der Waals surface area contributed by atoms with Crippen LogP contribution in [0.5, 0.6) is 0 Å². The first kappa shape index (κ1) is 25.6. The molecule has 1 aromatic heterocycles. The highest BCUT2D eigenvalue weighted by molar-refractivity contribution is 6.27. The molecule has 0 radical (unpaired) electrons. The molecule has 3 heteroatoms. The molecule has 1 aliphatic carbocycles. The van der Waals surface area contributed by atoms with Crippen molar-refractivity contribution in [2.45, 2.75) is 24.8 Å². The van der Waals surface area contributed by atoms with Crippen molar-refractivity contribution in [3.8, 4) is 0 Å². The summed E-state index contributed by atoms with van der Waals surface area (Å²) in [6.45, 7) is 0. The summed E-state index contributed by atoms with van der Waals surface area (Å²) < 4.78 is 6.54. The Kier molecular flexibility index (Phi) is 5.53. The van der Waals surface area contributed by atoms with Crippen molar-refractivity contribution in [3.63, 3.8) is 0 Å². The van der Waals surface area contributed by atoms with E-state index in [1.807, 2.05) is 0 Å². The van der Waals surface area contributed by atoms with Gasteiger partial charge in [-0.1, -0.05) is 121 Å². The fourth-order valence-electron chi connectivity index (χ4n) is 8.06. The lowest BCUT2D eigenvalue weighted by molar-refractivity contribution is 0.668. The number of allylic oxidation sites excluding steroid dienone is 5. The minimum atomic E-state index is 0.156. The van der Waals surface area contributed by atoms with Crippen molar-refractivity contribution < 1.29 is 4.42 Å². The molecule has 6 aromatic rings. The van der Waals surface area contributed by atoms with Crippen molar-refractivity contribution in [2.24, 2.45) is 4.99 Å². The van der Waals surface area contributed by atoms with Crippen LogP contribution in [0.2, 0.25) is 0 Å². The number of hydrogen-bond acceptors (Lipinski definition) is 3. The molecule has 0 amide bonds. The van der Waals surface area contributed by atoms with E-state index in [2.05, 4.69) is 151 Å². The maximum Gasteiger partial charge on any atom is 0.137 e. The fraction of sp³-hybridized carbons (Fsp3) is 0.0930. The number of aliphatic imine (C=N–C) groups is 1. The number of hydrogen-bond donors (Lipinski definition) is 0. The van der Waals surface area contributed by atoms with Gasteiger partial charge in [0.25, 0.3) is 0 Å². The lowest BCUT2D eigenvalue weighted by Crippen LogP contribution is -2.30. The zero-order valence-electron chi connectivity index (χ0n) is 25.2. The normalized spacial score (nSPS) is 19.7. The Bertz CT molecular complexity index is 2370. The molecule has 4 aliphatic rings. The number of rotatable bonds is 2. The van der Waals surface area contributed by atoms with E-state index in [-0.39, 0.29) is 12.0 Å². The predicted molar refractivity (Wildman–Crippen MR) is 190 cm³/mol. The molecule has 46 heavy (non-hydrogen) atoms. The van der Waals surface area contributed by atoms with Gasteiger partial charge in [0.15, 0.2) is 0 Å². The average Bonchev–Trinajstić information content (AvgIpc) is 3.59. The van der Waals surface area contributed by atoms with E-state index in [9.17, 15) is 0 Å². The van der Waals surface area contributed by atoms with E-state index in [4.69, 9.17) is 9.41 Å². The summed E-state index contributed by atoms with van der Waals surface area (Å²) in [5.41, 5.74) is 15.1. The van der Waals surface area contributed by atoms with Gasteiger partial charge < -0.3 is 9.32 Å². The topological polar surface area (TPSA) is 28.7 Å². The molecule has 4 heterocycles. The summed E-state index contributed by atoms with van der Waals surface area (Å²) in [6, 6.07) is 43.5. The molecule has 0 spiro atoms. The minimum Gasteiger partial charge on any atom is -0.456 e. The van der Waals surface area contributed by atoms with E-state index in [0.29, 0.717) is 0 Å². The highest BCUT2D eigenvalue weighted by Gasteiger charge is 2.42. The van der Waals surface area contributed by atoms with Crippen molar-refractivity contribution in [1.29, 1.82) is 0 Å². The molecule has 0 saturated carbocycles. The van der Waals surface area contributed by atoms with Gasteiger partial charge in [-0.2, -0.15) is 0 Å². The average molecular weight is 591 g/mol. The van der Waals surface area contributed by atoms with Gasteiger partial charge in [-0.15, -0.1) is 0 Å². The molecular weight excluding hydrogens is 560 g/mol. The summed E-state index contributed by atoms with van der Waals surface area (Å²) in [7, 11) is 0. The van der Waals surface area contributed by atoms with Crippen LogP contribution < -0.4 is 4.90 Å². The Balaban J connectivity index is 1.36. The van der Waals surface area contributed by atoms with Gasteiger partial charge in [-0.3, -0.25) is 0 Å². The zero-order chi connectivity index (χ0) is 30.2. The number of nitrogens with zero attached hydrogens (tertiary/aromatic N) is 2. The number of anilines is 2. The summed E-state index contributed by atoms with van der Waals surface area (Å²) in [6.07, 6.45) is 11.2. The third kappa shape index (κ3) is 3.75. The molecule has 218 valence electrons. The Morgan fingerprint density at radius 3 is 2.33 bits per heavy atom. The molecule has 10 rings (SSSR count). The van der Waals surface area contributed by atoms with Crippen LogP contribution >= 0.6 is 0 Å². The first-order valence-electron chi connectivity index (χ1n) is 16.2. The largest absolute Gasteiger partial charge is 0.456 e. The van der Waals surface area contributed by atoms with E-state index in [1.54, 1.807) is 0 Å². The van der Waals surface area contributed by atoms with Crippen LogP contribution in [-0.4, -0.2) is 11.8 Å². The van der Waals surface area contributed by atoms with Crippen LogP contribution in [0.25, 0.3) is 33.2 Å². The maximum absolute atomic E-state index is 6.54. The van der Waals surface area contributed by atoms with E-state index in [0.717, 1.165) is 57.3 Å². The molecule has 3 nitrogen and oxygen atoms in total. The van der Waals surface area contributed by atoms with Gasteiger partial charge in [-0.25, -0.2) is 4.99 Å². The highest BCUT2D eigenvalue weighted by atomic mass is 16.3. The van der Waals surface area contributed by atoms with Gasteiger partial charge >= 0.3 is 0 Å². The van der Waals surface area contributed by atoms with Crippen molar-refractivity contribution >= 4 is 50.3 Å². The predicted octanol–water partition coefficient (Wildman–Crippen LogP) is 10.8. The molecule has 2 unspecified atom stereocenters. The van der Waals surface area contributed by atoms with Crippen LogP contribution in [0.3, 0.4) is 0 Å². The summed E-state index contributed by atoms with van der Waals surface area (Å²) in [5, 5.41) is 2.28. The van der Waals surface area contributed by atoms with E-state index in [1.165, 1.54) is 39.2 Å². The summed E-state index contributed by atoms with van der Waals surface area (Å²) in [5.74, 6) is 0.272. The third-order valence-electron chi connectivity index (χ3n) is 10.1. The lowest BCUT2D eigenvalue weighted by Gasteiger charge is -2.31. The number of para-hydroxylation sites is 2. The van der Waals surface area contributed by atoms with Crippen molar-refractivity contribution in [1.82, 2.24) is 0 Å². The van der Waals surface area contributed by atoms with Crippen molar-refractivity contribution in [3.05, 3.63) is 179 Å². The quantitative estimate of drug-likeness (QED) is 0.201. The van der Waals surface area contributed by atoms with Crippen LogP contribution in [-0.2, 0) is 0 Å². The van der Waals surface area contributed by atoms with E-state index >= 15 is 0 Å². The zero-order valence-corrected chi connectivity index (χ0v) is 25.2. The lowest BCUT2D eigenvalue weighted by atomic mass is 9.84. The van der Waals surface area contributed by atoms with Gasteiger partial charge in [0, 0.05) is 22.6 Å². The second kappa shape index (κ2) is 9.92. The SMILES string of the molecule is C1=CC2c3ccccc3N3c4c(ccc5oc6ccccc6c45)C4=NC(c5ccccc5)=CCC(c5ccccc5)=C4CC1=CC23. The third-order valence-corrected chi connectivity index (χ3v) is 10.1. The highest BCUT2D eigenvalue weighted by Crippen LogP contribution is 2.54. The first-order chi connectivity index (χ1) is 22.8. The second-order valence-electron chi connectivity index (χ2n) is 12.6. The number of furan rings is 1. The minimum absolute atomic E-state index is 0.156. The smallest absolute Gasteiger partial charge is 0.137 e. The Hall–Kier alpha value is -5.67. The van der Waals surface area contributed by atoms with Crippen molar-refractivity contribution in [2.75, 3.05) is 4.90 Å². The van der Waals surface area contributed by atoms with Gasteiger partial charge in [0.05, 0.1) is 28.5 Å². The Labute approximate surface area is 267 Å². The number of benzene rings is 5. The molecular formula is C43H30N2O. The molecule has 0 N–H and O–H groups in total. The summed E-state index contributed by atoms with van der Waals surface area (Å²) >= 11 is 0. The van der Waals surface area contributed by atoms with Gasteiger partial charge in [0.2, 0.25) is 0 Å². The van der Waals surface area contributed by atoms with E-state index < -0.39 is 0 Å². The van der Waals surface area contributed by atoms with Crippen LogP contribution in [0.4, 0.5) is 11.4 Å². The molecule has 5 aromatic carbocycles. The Morgan fingerprint density at radius 2 is 1.46 bits per heavy atom. The monoisotopic (exact) mass is 590 g/mol.